The van der Waals surface area contributed by atoms with Gasteiger partial charge in [0.1, 0.15) is 5.69 Å². The number of halogens is 1. The van der Waals surface area contributed by atoms with Crippen molar-refractivity contribution in [1.82, 2.24) is 14.8 Å². The number of nitrogens with zero attached hydrogens (tertiary/aromatic N) is 3. The third kappa shape index (κ3) is 3.87. The van der Waals surface area contributed by atoms with E-state index in [0.29, 0.717) is 24.5 Å². The Labute approximate surface area is 118 Å². The molecule has 0 spiro atoms. The summed E-state index contributed by atoms with van der Waals surface area (Å²) in [6, 6.07) is 3.42. The van der Waals surface area contributed by atoms with E-state index >= 15 is 0 Å². The quantitative estimate of drug-likeness (QED) is 0.912. The van der Waals surface area contributed by atoms with Gasteiger partial charge >= 0.3 is 0 Å². The lowest BCUT2D eigenvalue weighted by Crippen LogP contribution is -2.13. The van der Waals surface area contributed by atoms with E-state index in [1.54, 1.807) is 42.5 Å². The first-order valence-corrected chi connectivity index (χ1v) is 6.42. The van der Waals surface area contributed by atoms with E-state index in [9.17, 15) is 4.79 Å². The van der Waals surface area contributed by atoms with Gasteiger partial charge in [0.2, 0.25) is 0 Å². The normalized spacial score (nSPS) is 10.4. The molecule has 0 atom stereocenters. The van der Waals surface area contributed by atoms with Crippen LogP contribution in [0.25, 0.3) is 0 Å². The number of hydrogen-bond donors (Lipinski definition) is 1. The Kier molecular flexibility index (Phi) is 4.64. The molecule has 1 N–H and O–H groups in total. The van der Waals surface area contributed by atoms with Crippen LogP contribution in [0.15, 0.2) is 35.2 Å². The molecular weight excluding hydrogens is 312 g/mol. The van der Waals surface area contributed by atoms with Gasteiger partial charge in [0.25, 0.3) is 5.91 Å². The summed E-state index contributed by atoms with van der Waals surface area (Å²) in [4.78, 5) is 15.9. The lowest BCUT2D eigenvalue weighted by Gasteiger charge is -2.01. The number of hydrogen-bond acceptors (Lipinski definition) is 4. The van der Waals surface area contributed by atoms with Crippen LogP contribution < -0.4 is 5.32 Å². The number of anilines is 1. The molecule has 0 aliphatic heterocycles. The Hall–Kier alpha value is -1.73. The maximum atomic E-state index is 11.9. The van der Waals surface area contributed by atoms with Crippen LogP contribution in [0.3, 0.4) is 0 Å². The van der Waals surface area contributed by atoms with Gasteiger partial charge in [-0.25, -0.2) is 4.98 Å². The summed E-state index contributed by atoms with van der Waals surface area (Å²) < 4.78 is 7.49. The molecule has 0 aliphatic carbocycles. The predicted octanol–water partition coefficient (Wildman–Crippen LogP) is 1.94. The van der Waals surface area contributed by atoms with Crippen molar-refractivity contribution in [1.29, 1.82) is 0 Å². The van der Waals surface area contributed by atoms with Crippen molar-refractivity contribution in [3.05, 3.63) is 40.9 Å². The number of methoxy groups -OCH3 is 1. The topological polar surface area (TPSA) is 69.0 Å². The molecule has 0 fully saturated rings. The van der Waals surface area contributed by atoms with Crippen molar-refractivity contribution in [2.75, 3.05) is 19.0 Å². The van der Waals surface area contributed by atoms with Gasteiger partial charge in [-0.1, -0.05) is 0 Å². The van der Waals surface area contributed by atoms with E-state index in [4.69, 9.17) is 4.74 Å². The third-order valence-electron chi connectivity index (χ3n) is 2.38. The summed E-state index contributed by atoms with van der Waals surface area (Å²) in [6.07, 6.45) is 4.92. The highest BCUT2D eigenvalue weighted by atomic mass is 79.9. The maximum absolute atomic E-state index is 11.9. The molecule has 0 saturated heterocycles. The first kappa shape index (κ1) is 13.7. The fourth-order valence-corrected chi connectivity index (χ4v) is 1.68. The van der Waals surface area contributed by atoms with Gasteiger partial charge in [-0.05, 0) is 28.1 Å². The molecule has 100 valence electrons. The van der Waals surface area contributed by atoms with E-state index in [1.807, 2.05) is 0 Å². The summed E-state index contributed by atoms with van der Waals surface area (Å²) in [6.45, 7) is 1.21. The lowest BCUT2D eigenvalue weighted by atomic mass is 10.3. The van der Waals surface area contributed by atoms with Gasteiger partial charge in [-0.3, -0.25) is 9.48 Å². The van der Waals surface area contributed by atoms with E-state index in [1.165, 1.54) is 0 Å². The van der Waals surface area contributed by atoms with Gasteiger partial charge in [0, 0.05) is 24.0 Å². The fraction of sp³-hybridized carbons (Fsp3) is 0.250. The second-order valence-electron chi connectivity index (χ2n) is 3.80. The Balaban J connectivity index is 1.98. The standard InChI is InChI=1S/C12H13BrN4O2/c1-19-5-4-17-8-10(7-15-17)16-12(18)11-3-2-9(13)6-14-11/h2-3,6-8H,4-5H2,1H3,(H,16,18). The highest BCUT2D eigenvalue weighted by Gasteiger charge is 2.08. The fourth-order valence-electron chi connectivity index (χ4n) is 1.44. The number of carbonyl (C=O) groups excluding carboxylic acids is 1. The molecule has 0 aromatic carbocycles. The highest BCUT2D eigenvalue weighted by Crippen LogP contribution is 2.10. The summed E-state index contributed by atoms with van der Waals surface area (Å²) in [7, 11) is 1.63. The third-order valence-corrected chi connectivity index (χ3v) is 2.84. The van der Waals surface area contributed by atoms with E-state index < -0.39 is 0 Å². The second kappa shape index (κ2) is 6.44. The van der Waals surface area contributed by atoms with E-state index in [0.717, 1.165) is 4.47 Å². The molecule has 1 amide bonds. The van der Waals surface area contributed by atoms with Gasteiger partial charge in [0.15, 0.2) is 0 Å². The zero-order valence-electron chi connectivity index (χ0n) is 10.3. The van der Waals surface area contributed by atoms with E-state index in [-0.39, 0.29) is 5.91 Å². The van der Waals surface area contributed by atoms with Crippen LogP contribution in [0, 0.1) is 0 Å². The van der Waals surface area contributed by atoms with Crippen LogP contribution >= 0.6 is 15.9 Å². The molecule has 0 radical (unpaired) electrons. The van der Waals surface area contributed by atoms with Gasteiger partial charge < -0.3 is 10.1 Å². The van der Waals surface area contributed by atoms with E-state index in [2.05, 4.69) is 31.3 Å². The number of pyridine rings is 1. The second-order valence-corrected chi connectivity index (χ2v) is 4.72. The molecule has 0 unspecified atom stereocenters. The van der Waals surface area contributed by atoms with Crippen molar-refractivity contribution in [2.24, 2.45) is 0 Å². The van der Waals surface area contributed by atoms with Gasteiger partial charge in [0.05, 0.1) is 25.0 Å². The molecule has 2 rings (SSSR count). The van der Waals surface area contributed by atoms with Crippen LogP contribution in [0.1, 0.15) is 10.5 Å². The molecule has 2 aromatic heterocycles. The Morgan fingerprint density at radius 3 is 3.00 bits per heavy atom. The summed E-state index contributed by atoms with van der Waals surface area (Å²) in [5.74, 6) is -0.265. The van der Waals surface area contributed by atoms with Crippen LogP contribution in [-0.2, 0) is 11.3 Å². The van der Waals surface area contributed by atoms with Crippen molar-refractivity contribution >= 4 is 27.5 Å². The molecule has 2 aromatic rings. The minimum absolute atomic E-state index is 0.265. The maximum Gasteiger partial charge on any atom is 0.274 e. The number of ether oxygens (including phenoxy) is 1. The monoisotopic (exact) mass is 324 g/mol. The van der Waals surface area contributed by atoms with Crippen LogP contribution in [0.5, 0.6) is 0 Å². The average molecular weight is 325 g/mol. The Bertz CT molecular complexity index is 553. The molecule has 0 saturated carbocycles. The number of amides is 1. The van der Waals surface area contributed by atoms with Gasteiger partial charge in [-0.15, -0.1) is 0 Å². The molecule has 7 heteroatoms. The smallest absolute Gasteiger partial charge is 0.274 e. The Morgan fingerprint density at radius 1 is 1.47 bits per heavy atom. The number of rotatable bonds is 5. The lowest BCUT2D eigenvalue weighted by molar-refractivity contribution is 0.102. The first-order valence-electron chi connectivity index (χ1n) is 5.63. The zero-order chi connectivity index (χ0) is 13.7. The minimum Gasteiger partial charge on any atom is -0.383 e. The zero-order valence-corrected chi connectivity index (χ0v) is 11.9. The predicted molar refractivity (Wildman–Crippen MR) is 74.0 cm³/mol. The first-order chi connectivity index (χ1) is 9.19. The average Bonchev–Trinajstić information content (AvgIpc) is 2.84. The highest BCUT2D eigenvalue weighted by molar-refractivity contribution is 9.10. The van der Waals surface area contributed by atoms with Crippen LogP contribution in [-0.4, -0.2) is 34.4 Å². The summed E-state index contributed by atoms with van der Waals surface area (Å²) in [5.41, 5.74) is 0.985. The largest absolute Gasteiger partial charge is 0.383 e. The van der Waals surface area contributed by atoms with Crippen molar-refractivity contribution in [3.8, 4) is 0 Å². The number of aromatic nitrogens is 3. The molecular formula is C12H13BrN4O2. The number of carbonyl (C=O) groups is 1. The SMILES string of the molecule is COCCn1cc(NC(=O)c2ccc(Br)cn2)cn1. The van der Waals surface area contributed by atoms with Crippen molar-refractivity contribution < 1.29 is 9.53 Å². The molecule has 19 heavy (non-hydrogen) atoms. The molecule has 6 nitrogen and oxygen atoms in total. The minimum atomic E-state index is -0.265. The van der Waals surface area contributed by atoms with Crippen molar-refractivity contribution in [3.63, 3.8) is 0 Å². The molecule has 0 aliphatic rings. The molecule has 2 heterocycles. The summed E-state index contributed by atoms with van der Waals surface area (Å²) >= 11 is 3.27. The Morgan fingerprint density at radius 2 is 2.32 bits per heavy atom. The van der Waals surface area contributed by atoms with Crippen LogP contribution in [0.2, 0.25) is 0 Å². The summed E-state index contributed by atoms with van der Waals surface area (Å²) in [5, 5.41) is 6.84. The van der Waals surface area contributed by atoms with Gasteiger partial charge in [-0.2, -0.15) is 5.10 Å². The van der Waals surface area contributed by atoms with Crippen LogP contribution in [0.4, 0.5) is 5.69 Å². The molecule has 0 bridgehead atoms. The van der Waals surface area contributed by atoms with Crippen molar-refractivity contribution in [2.45, 2.75) is 6.54 Å². The number of nitrogens with one attached hydrogen (secondary N) is 1.